The first-order valence-electron chi connectivity index (χ1n) is 8.40. The maximum Gasteiger partial charge on any atom is 0.274 e. The molecule has 1 amide bonds. The largest absolute Gasteiger partial charge is 0.497 e. The molecule has 26 heavy (non-hydrogen) atoms. The van der Waals surface area contributed by atoms with Gasteiger partial charge in [-0.3, -0.25) is 4.79 Å². The van der Waals surface area contributed by atoms with Crippen molar-refractivity contribution in [1.29, 1.82) is 0 Å². The number of ether oxygens (including phenoxy) is 1. The molecule has 3 rings (SSSR count). The molecule has 0 saturated heterocycles. The number of methoxy groups -OCH3 is 1. The highest BCUT2D eigenvalue weighted by molar-refractivity contribution is 5.93. The summed E-state index contributed by atoms with van der Waals surface area (Å²) in [5.41, 5.74) is 4.97. The fourth-order valence-corrected chi connectivity index (χ4v) is 2.77. The van der Waals surface area contributed by atoms with Crippen molar-refractivity contribution in [3.8, 4) is 11.4 Å². The third-order valence-electron chi connectivity index (χ3n) is 4.15. The van der Waals surface area contributed by atoms with Crippen LogP contribution in [0.1, 0.15) is 32.9 Å². The first kappa shape index (κ1) is 17.7. The molecule has 6 nitrogen and oxygen atoms in total. The molecule has 0 aliphatic rings. The van der Waals surface area contributed by atoms with Crippen LogP contribution in [-0.2, 0) is 6.54 Å². The van der Waals surface area contributed by atoms with Crippen LogP contribution in [-0.4, -0.2) is 28.0 Å². The van der Waals surface area contributed by atoms with E-state index in [1.54, 1.807) is 14.0 Å². The van der Waals surface area contributed by atoms with E-state index in [2.05, 4.69) is 21.6 Å². The summed E-state index contributed by atoms with van der Waals surface area (Å²) in [6.07, 6.45) is 0. The molecule has 6 heteroatoms. The molecule has 2 aromatic carbocycles. The Kier molecular flexibility index (Phi) is 5.02. The van der Waals surface area contributed by atoms with Crippen molar-refractivity contribution in [2.24, 2.45) is 0 Å². The van der Waals surface area contributed by atoms with Crippen LogP contribution in [0.3, 0.4) is 0 Å². The van der Waals surface area contributed by atoms with Crippen molar-refractivity contribution in [2.75, 3.05) is 7.11 Å². The number of hydrogen-bond acceptors (Lipinski definition) is 4. The van der Waals surface area contributed by atoms with Crippen LogP contribution in [0, 0.1) is 20.8 Å². The fraction of sp³-hybridized carbons (Fsp3) is 0.250. The molecule has 0 unspecified atom stereocenters. The van der Waals surface area contributed by atoms with E-state index < -0.39 is 0 Å². The van der Waals surface area contributed by atoms with Crippen LogP contribution >= 0.6 is 0 Å². The minimum atomic E-state index is -0.249. The second kappa shape index (κ2) is 7.39. The van der Waals surface area contributed by atoms with Crippen LogP contribution in [0.5, 0.6) is 5.75 Å². The second-order valence-corrected chi connectivity index (χ2v) is 6.25. The van der Waals surface area contributed by atoms with E-state index in [0.29, 0.717) is 17.9 Å². The van der Waals surface area contributed by atoms with Gasteiger partial charge in [0.05, 0.1) is 18.5 Å². The molecule has 0 atom stereocenters. The van der Waals surface area contributed by atoms with Gasteiger partial charge in [0.1, 0.15) is 5.75 Å². The van der Waals surface area contributed by atoms with E-state index in [1.807, 2.05) is 50.2 Å². The van der Waals surface area contributed by atoms with Crippen LogP contribution in [0.25, 0.3) is 5.69 Å². The van der Waals surface area contributed by atoms with Crippen LogP contribution in [0.4, 0.5) is 0 Å². The number of hydrogen-bond donors (Lipinski definition) is 1. The maximum atomic E-state index is 12.5. The summed E-state index contributed by atoms with van der Waals surface area (Å²) in [6, 6.07) is 13.6. The molecule has 1 aromatic heterocycles. The zero-order valence-corrected chi connectivity index (χ0v) is 15.4. The molecule has 0 bridgehead atoms. The lowest BCUT2D eigenvalue weighted by Crippen LogP contribution is -2.24. The molecular formula is C20H22N4O2. The predicted octanol–water partition coefficient (Wildman–Crippen LogP) is 3.13. The van der Waals surface area contributed by atoms with Gasteiger partial charge in [0.15, 0.2) is 5.69 Å². The summed E-state index contributed by atoms with van der Waals surface area (Å²) in [5, 5.41) is 11.7. The summed E-state index contributed by atoms with van der Waals surface area (Å²) < 4.78 is 5.20. The fourth-order valence-electron chi connectivity index (χ4n) is 2.77. The summed E-state index contributed by atoms with van der Waals surface area (Å²) in [5.74, 6) is 0.509. The molecule has 0 spiro atoms. The first-order valence-corrected chi connectivity index (χ1v) is 8.40. The predicted molar refractivity (Wildman–Crippen MR) is 99.7 cm³/mol. The number of rotatable bonds is 5. The Labute approximate surface area is 152 Å². The van der Waals surface area contributed by atoms with Crippen molar-refractivity contribution >= 4 is 5.91 Å². The van der Waals surface area contributed by atoms with Gasteiger partial charge in [-0.05, 0) is 50.1 Å². The van der Waals surface area contributed by atoms with Gasteiger partial charge in [-0.15, -0.1) is 5.10 Å². The summed E-state index contributed by atoms with van der Waals surface area (Å²) in [4.78, 5) is 14.0. The Hall–Kier alpha value is -3.15. The van der Waals surface area contributed by atoms with Gasteiger partial charge in [0.2, 0.25) is 0 Å². The minimum Gasteiger partial charge on any atom is -0.497 e. The Bertz CT molecular complexity index is 947. The van der Waals surface area contributed by atoms with Gasteiger partial charge in [-0.25, -0.2) is 0 Å². The zero-order chi connectivity index (χ0) is 18.7. The number of nitrogens with one attached hydrogen (secondary N) is 1. The average Bonchev–Trinajstić information content (AvgIpc) is 3.01. The van der Waals surface area contributed by atoms with Gasteiger partial charge < -0.3 is 10.1 Å². The highest BCUT2D eigenvalue weighted by atomic mass is 16.5. The number of carbonyl (C=O) groups is 1. The van der Waals surface area contributed by atoms with Gasteiger partial charge in [-0.2, -0.15) is 9.90 Å². The normalized spacial score (nSPS) is 10.6. The number of aromatic nitrogens is 3. The Morgan fingerprint density at radius 1 is 1.12 bits per heavy atom. The maximum absolute atomic E-state index is 12.5. The standard InChI is InChI=1S/C20H22N4O2/c1-13-8-9-18(14(2)10-13)24-22-15(3)19(23-24)20(25)21-12-16-6-5-7-17(11-16)26-4/h5-11H,12H2,1-4H3,(H,21,25). The minimum absolute atomic E-state index is 0.249. The lowest BCUT2D eigenvalue weighted by Gasteiger charge is -2.06. The molecule has 0 fully saturated rings. The summed E-state index contributed by atoms with van der Waals surface area (Å²) >= 11 is 0. The summed E-state index contributed by atoms with van der Waals surface area (Å²) in [7, 11) is 1.62. The molecule has 3 aromatic rings. The summed E-state index contributed by atoms with van der Waals surface area (Å²) in [6.45, 7) is 6.22. The number of aryl methyl sites for hydroxylation is 3. The molecular weight excluding hydrogens is 328 g/mol. The average molecular weight is 350 g/mol. The van der Waals surface area contributed by atoms with Crippen LogP contribution in [0.2, 0.25) is 0 Å². The van der Waals surface area contributed by atoms with Gasteiger partial charge in [0, 0.05) is 6.54 Å². The van der Waals surface area contributed by atoms with E-state index >= 15 is 0 Å². The molecule has 0 radical (unpaired) electrons. The SMILES string of the molecule is COc1cccc(CNC(=O)c2nn(-c3ccc(C)cc3C)nc2C)c1. The van der Waals surface area contributed by atoms with Crippen molar-refractivity contribution in [3.63, 3.8) is 0 Å². The molecule has 1 N–H and O–H groups in total. The monoisotopic (exact) mass is 350 g/mol. The number of amides is 1. The van der Waals surface area contributed by atoms with E-state index in [4.69, 9.17) is 4.74 Å². The Morgan fingerprint density at radius 3 is 2.65 bits per heavy atom. The quantitative estimate of drug-likeness (QED) is 0.767. The molecule has 0 aliphatic carbocycles. The van der Waals surface area contributed by atoms with Crippen molar-refractivity contribution in [1.82, 2.24) is 20.3 Å². The van der Waals surface area contributed by atoms with Gasteiger partial charge >= 0.3 is 0 Å². The zero-order valence-electron chi connectivity index (χ0n) is 15.4. The molecule has 1 heterocycles. The number of carbonyl (C=O) groups excluding carboxylic acids is 1. The van der Waals surface area contributed by atoms with Crippen LogP contribution in [0.15, 0.2) is 42.5 Å². The van der Waals surface area contributed by atoms with Crippen molar-refractivity contribution in [3.05, 3.63) is 70.5 Å². The highest BCUT2D eigenvalue weighted by Crippen LogP contribution is 2.16. The lowest BCUT2D eigenvalue weighted by atomic mass is 10.1. The Balaban J connectivity index is 1.76. The molecule has 0 saturated carbocycles. The van der Waals surface area contributed by atoms with Gasteiger partial charge in [-0.1, -0.05) is 29.8 Å². The third kappa shape index (κ3) is 3.74. The van der Waals surface area contributed by atoms with E-state index in [1.165, 1.54) is 10.4 Å². The smallest absolute Gasteiger partial charge is 0.274 e. The van der Waals surface area contributed by atoms with Crippen molar-refractivity contribution < 1.29 is 9.53 Å². The lowest BCUT2D eigenvalue weighted by molar-refractivity contribution is 0.0945. The van der Waals surface area contributed by atoms with Crippen molar-refractivity contribution in [2.45, 2.75) is 27.3 Å². The van der Waals surface area contributed by atoms with Gasteiger partial charge in [0.25, 0.3) is 5.91 Å². The van der Waals surface area contributed by atoms with Crippen LogP contribution < -0.4 is 10.1 Å². The molecule has 0 aliphatic heterocycles. The van der Waals surface area contributed by atoms with E-state index in [9.17, 15) is 4.79 Å². The molecule has 134 valence electrons. The highest BCUT2D eigenvalue weighted by Gasteiger charge is 2.17. The first-order chi connectivity index (χ1) is 12.5. The third-order valence-corrected chi connectivity index (χ3v) is 4.15. The second-order valence-electron chi connectivity index (χ2n) is 6.25. The number of nitrogens with zero attached hydrogens (tertiary/aromatic N) is 3. The number of benzene rings is 2. The Morgan fingerprint density at radius 2 is 1.92 bits per heavy atom. The van der Waals surface area contributed by atoms with E-state index in [-0.39, 0.29) is 5.91 Å². The van der Waals surface area contributed by atoms with E-state index in [0.717, 1.165) is 22.6 Å². The topological polar surface area (TPSA) is 69.0 Å².